The molecule has 0 rings (SSSR count). The van der Waals surface area contributed by atoms with Crippen LogP contribution in [0.1, 0.15) is 194 Å². The van der Waals surface area contributed by atoms with Crippen molar-refractivity contribution in [3.8, 4) is 0 Å². The predicted octanol–water partition coefficient (Wildman–Crippen LogP) is 14.4. The number of esters is 2. The minimum atomic E-state index is -1.52. The van der Waals surface area contributed by atoms with E-state index in [4.69, 9.17) is 18.9 Å². The smallest absolute Gasteiger partial charge is 0.361 e. The summed E-state index contributed by atoms with van der Waals surface area (Å²) in [5, 5.41) is 9.67. The van der Waals surface area contributed by atoms with E-state index in [-0.39, 0.29) is 38.6 Å². The average molecular weight is 911 g/mol. The minimum Gasteiger partial charge on any atom is -0.477 e. The van der Waals surface area contributed by atoms with Gasteiger partial charge in [0.1, 0.15) is 13.2 Å². The summed E-state index contributed by atoms with van der Waals surface area (Å²) in [6.07, 6.45) is 57.8. The van der Waals surface area contributed by atoms with E-state index in [0.717, 1.165) is 96.3 Å². The molecule has 0 spiro atoms. The van der Waals surface area contributed by atoms with Gasteiger partial charge in [0.2, 0.25) is 0 Å². The monoisotopic (exact) mass is 911 g/mol. The third kappa shape index (κ3) is 48.2. The molecule has 372 valence electrons. The fourth-order valence-electron chi connectivity index (χ4n) is 6.66. The van der Waals surface area contributed by atoms with Crippen LogP contribution in [0.3, 0.4) is 0 Å². The number of nitrogens with zero attached hydrogens (tertiary/aromatic N) is 1. The van der Waals surface area contributed by atoms with E-state index in [1.807, 2.05) is 21.1 Å². The Bertz CT molecular complexity index is 1340. The van der Waals surface area contributed by atoms with E-state index in [2.05, 4.69) is 98.9 Å². The quantitative estimate of drug-likeness (QED) is 0.0211. The fourth-order valence-corrected chi connectivity index (χ4v) is 6.66. The van der Waals surface area contributed by atoms with E-state index in [0.29, 0.717) is 17.4 Å². The van der Waals surface area contributed by atoms with Gasteiger partial charge in [-0.15, -0.1) is 0 Å². The molecular weight excluding hydrogens is 815 g/mol. The van der Waals surface area contributed by atoms with E-state index in [9.17, 15) is 19.5 Å². The van der Waals surface area contributed by atoms with Crippen LogP contribution in [-0.4, -0.2) is 87.4 Å². The standard InChI is InChI=1S/C56H95NO8/c1-6-8-10-12-14-16-18-20-22-24-26-27-29-31-33-35-37-39-41-43-45-47-54(59)65-52(51-64-56(55(60)61)62-49-48-57(3,4)5)50-63-53(58)46-44-42-40-38-36-34-32-30-28-25-23-21-19-17-15-13-11-9-7-2/h8,10,14-17,20-23,26-28,30,52,56H,6-7,9,11-13,18-19,24-25,29,31-51H2,1-5H3/p+1/b10-8-,16-14-,17-15-,22-20-,23-21-,27-26-,30-28-. The van der Waals surface area contributed by atoms with Crippen LogP contribution in [-0.2, 0) is 33.3 Å². The number of ether oxygens (including phenoxy) is 4. The van der Waals surface area contributed by atoms with Gasteiger partial charge in [-0.25, -0.2) is 4.79 Å². The van der Waals surface area contributed by atoms with Gasteiger partial charge in [0.05, 0.1) is 34.4 Å². The number of aliphatic carboxylic acids is 1. The van der Waals surface area contributed by atoms with Crippen LogP contribution in [0.4, 0.5) is 0 Å². The Morgan fingerprint density at radius 2 is 0.877 bits per heavy atom. The summed E-state index contributed by atoms with van der Waals surface area (Å²) >= 11 is 0. The molecular formula is C56H96NO8+. The zero-order valence-electron chi connectivity index (χ0n) is 42.1. The Morgan fingerprint density at radius 1 is 0.477 bits per heavy atom. The number of carbonyl (C=O) groups excluding carboxylic acids is 2. The van der Waals surface area contributed by atoms with E-state index in [1.54, 1.807) is 0 Å². The summed E-state index contributed by atoms with van der Waals surface area (Å²) in [6, 6.07) is 0. The lowest BCUT2D eigenvalue weighted by Gasteiger charge is -2.25. The van der Waals surface area contributed by atoms with Crippen molar-refractivity contribution in [2.75, 3.05) is 47.5 Å². The first-order valence-electron chi connectivity index (χ1n) is 25.8. The van der Waals surface area contributed by atoms with Crippen LogP contribution < -0.4 is 0 Å². The summed E-state index contributed by atoms with van der Waals surface area (Å²) in [4.78, 5) is 37.3. The van der Waals surface area contributed by atoms with Crippen molar-refractivity contribution in [3.05, 3.63) is 85.1 Å². The van der Waals surface area contributed by atoms with E-state index >= 15 is 0 Å². The minimum absolute atomic E-state index is 0.179. The summed E-state index contributed by atoms with van der Waals surface area (Å²) in [7, 11) is 5.95. The predicted molar refractivity (Wildman–Crippen MR) is 272 cm³/mol. The summed E-state index contributed by atoms with van der Waals surface area (Å²) in [5.41, 5.74) is 0. The van der Waals surface area contributed by atoms with Gasteiger partial charge in [-0.2, -0.15) is 0 Å². The zero-order valence-corrected chi connectivity index (χ0v) is 42.1. The lowest BCUT2D eigenvalue weighted by molar-refractivity contribution is -0.870. The van der Waals surface area contributed by atoms with Crippen molar-refractivity contribution in [1.82, 2.24) is 0 Å². The molecule has 0 fully saturated rings. The van der Waals surface area contributed by atoms with Gasteiger partial charge in [0.15, 0.2) is 6.10 Å². The highest BCUT2D eigenvalue weighted by Crippen LogP contribution is 2.14. The topological polar surface area (TPSA) is 108 Å². The molecule has 0 aliphatic rings. The van der Waals surface area contributed by atoms with Crippen LogP contribution in [0.5, 0.6) is 0 Å². The molecule has 0 aromatic carbocycles. The lowest BCUT2D eigenvalue weighted by Crippen LogP contribution is -2.40. The average Bonchev–Trinajstić information content (AvgIpc) is 3.27. The summed E-state index contributed by atoms with van der Waals surface area (Å²) in [5.74, 6) is -2.04. The number of quaternary nitrogens is 1. The van der Waals surface area contributed by atoms with Gasteiger partial charge >= 0.3 is 17.9 Å². The molecule has 0 bridgehead atoms. The molecule has 0 amide bonds. The first kappa shape index (κ1) is 61.5. The molecule has 2 unspecified atom stereocenters. The highest BCUT2D eigenvalue weighted by molar-refractivity contribution is 5.71. The Kier molecular flexibility index (Phi) is 44.4. The SMILES string of the molecule is CC/C=C\C/C=C\C/C=C\C/C=C\CCCCCCCCCCC(=O)OC(COC(=O)CCCCCCCC/C=C\C/C=C\C/C=C\CCCCC)COC(OCC[N+](C)(C)C)C(=O)O. The number of hydrogen-bond donors (Lipinski definition) is 1. The number of unbranched alkanes of at least 4 members (excludes halogenated alkanes) is 17. The zero-order chi connectivity index (χ0) is 47.7. The Morgan fingerprint density at radius 3 is 1.31 bits per heavy atom. The normalized spacial score (nSPS) is 13.6. The van der Waals surface area contributed by atoms with Gasteiger partial charge in [-0.1, -0.05) is 176 Å². The Balaban J connectivity index is 4.40. The molecule has 0 radical (unpaired) electrons. The number of carboxylic acid groups (broad SMARTS) is 1. The first-order valence-corrected chi connectivity index (χ1v) is 25.8. The number of hydrogen-bond acceptors (Lipinski definition) is 7. The van der Waals surface area contributed by atoms with Crippen molar-refractivity contribution in [3.63, 3.8) is 0 Å². The van der Waals surface area contributed by atoms with Crippen LogP contribution in [0.2, 0.25) is 0 Å². The maximum Gasteiger partial charge on any atom is 0.361 e. The fraction of sp³-hybridized carbons (Fsp3) is 0.696. The van der Waals surface area contributed by atoms with Crippen molar-refractivity contribution in [2.24, 2.45) is 0 Å². The van der Waals surface area contributed by atoms with Gasteiger partial charge in [-0.3, -0.25) is 9.59 Å². The van der Waals surface area contributed by atoms with Crippen molar-refractivity contribution < 1.29 is 42.9 Å². The summed E-state index contributed by atoms with van der Waals surface area (Å²) < 4.78 is 22.8. The maximum atomic E-state index is 12.8. The van der Waals surface area contributed by atoms with Crippen LogP contribution >= 0.6 is 0 Å². The molecule has 65 heavy (non-hydrogen) atoms. The van der Waals surface area contributed by atoms with Crippen LogP contribution in [0.15, 0.2) is 85.1 Å². The molecule has 0 saturated carbocycles. The van der Waals surface area contributed by atoms with Crippen molar-refractivity contribution >= 4 is 17.9 Å². The Labute approximate surface area is 398 Å². The van der Waals surface area contributed by atoms with Crippen molar-refractivity contribution in [1.29, 1.82) is 0 Å². The molecule has 2 atom stereocenters. The van der Waals surface area contributed by atoms with Crippen LogP contribution in [0, 0.1) is 0 Å². The molecule has 0 aromatic rings. The third-order valence-corrected chi connectivity index (χ3v) is 10.6. The largest absolute Gasteiger partial charge is 0.477 e. The lowest BCUT2D eigenvalue weighted by atomic mass is 10.1. The molecule has 9 heteroatoms. The summed E-state index contributed by atoms with van der Waals surface area (Å²) in [6.45, 7) is 4.70. The van der Waals surface area contributed by atoms with Gasteiger partial charge in [0, 0.05) is 12.8 Å². The second-order valence-corrected chi connectivity index (χ2v) is 18.1. The molecule has 0 aliphatic carbocycles. The van der Waals surface area contributed by atoms with Crippen LogP contribution in [0.25, 0.3) is 0 Å². The second-order valence-electron chi connectivity index (χ2n) is 18.1. The number of carboxylic acids is 1. The second kappa shape index (κ2) is 47.0. The molecule has 0 aromatic heterocycles. The number of allylic oxidation sites excluding steroid dienone is 14. The molecule has 0 saturated heterocycles. The highest BCUT2D eigenvalue weighted by Gasteiger charge is 2.25. The molecule has 1 N–H and O–H groups in total. The maximum absolute atomic E-state index is 12.8. The number of rotatable bonds is 46. The van der Waals surface area contributed by atoms with E-state index in [1.165, 1.54) is 64.2 Å². The molecule has 0 aliphatic heterocycles. The first-order chi connectivity index (χ1) is 31.6. The van der Waals surface area contributed by atoms with Gasteiger partial charge in [-0.05, 0) is 89.9 Å². The third-order valence-electron chi connectivity index (χ3n) is 10.6. The molecule has 9 nitrogen and oxygen atoms in total. The molecule has 0 heterocycles. The van der Waals surface area contributed by atoms with E-state index < -0.39 is 24.3 Å². The number of carbonyl (C=O) groups is 3. The Hall–Kier alpha value is -3.53. The van der Waals surface area contributed by atoms with Gasteiger partial charge < -0.3 is 28.5 Å². The van der Waals surface area contributed by atoms with Gasteiger partial charge in [0.25, 0.3) is 6.29 Å². The highest BCUT2D eigenvalue weighted by atomic mass is 16.7. The number of likely N-dealkylation sites (N-methyl/N-ethyl adjacent to an activating group) is 1. The van der Waals surface area contributed by atoms with Crippen molar-refractivity contribution in [2.45, 2.75) is 206 Å².